The lowest BCUT2D eigenvalue weighted by atomic mass is 9.95. The van der Waals surface area contributed by atoms with Gasteiger partial charge in [-0.2, -0.15) is 0 Å². The van der Waals surface area contributed by atoms with Crippen molar-refractivity contribution in [3.8, 4) is 0 Å². The summed E-state index contributed by atoms with van der Waals surface area (Å²) >= 11 is 1.20. The predicted molar refractivity (Wildman–Crippen MR) is 132 cm³/mol. The number of para-hydroxylation sites is 1. The van der Waals surface area contributed by atoms with Crippen molar-refractivity contribution in [3.63, 3.8) is 0 Å². The van der Waals surface area contributed by atoms with Gasteiger partial charge < -0.3 is 15.4 Å². The first kappa shape index (κ1) is 24.4. The largest absolute Gasteiger partial charge is 0.383 e. The van der Waals surface area contributed by atoms with Crippen LogP contribution in [0.1, 0.15) is 50.5 Å². The first-order valence-corrected chi connectivity index (χ1v) is 12.8. The number of benzene rings is 1. The topological polar surface area (TPSA) is 112 Å². The van der Waals surface area contributed by atoms with Gasteiger partial charge in [-0.3, -0.25) is 19.4 Å². The second-order valence-electron chi connectivity index (χ2n) is 8.63. The fourth-order valence-electron chi connectivity index (χ4n) is 4.38. The Balaban J connectivity index is 1.41. The number of methoxy groups -OCH3 is 1. The van der Waals surface area contributed by atoms with E-state index < -0.39 is 6.04 Å². The number of fused-ring (bicyclic) bond motifs is 3. The molecule has 3 amide bonds. The van der Waals surface area contributed by atoms with Crippen LogP contribution in [-0.4, -0.2) is 71.7 Å². The number of amides is 3. The summed E-state index contributed by atoms with van der Waals surface area (Å²) in [6, 6.07) is 7.11. The molecule has 0 bridgehead atoms. The Labute approximate surface area is 203 Å². The summed E-state index contributed by atoms with van der Waals surface area (Å²) in [4.78, 5) is 48.7. The SMILES string of the molecule is COCCNC(=O)CSC1=Nc2ccccc2C2=N[C@@H](CCC(=O)NC3CCCCC3)C(=O)N12. The molecule has 2 heterocycles. The van der Waals surface area contributed by atoms with Crippen LogP contribution in [0.4, 0.5) is 5.69 Å². The van der Waals surface area contributed by atoms with Gasteiger partial charge in [0.2, 0.25) is 11.8 Å². The van der Waals surface area contributed by atoms with E-state index in [1.165, 1.54) is 23.1 Å². The molecule has 10 heteroatoms. The lowest BCUT2D eigenvalue weighted by molar-refractivity contribution is -0.125. The Morgan fingerprint density at radius 3 is 2.76 bits per heavy atom. The number of nitrogens with zero attached hydrogens (tertiary/aromatic N) is 3. The molecule has 2 aliphatic heterocycles. The Bertz CT molecular complexity index is 989. The molecular formula is C24H31N5O4S. The summed E-state index contributed by atoms with van der Waals surface area (Å²) in [7, 11) is 1.57. The molecule has 0 aromatic heterocycles. The molecule has 182 valence electrons. The Kier molecular flexibility index (Phi) is 8.34. The van der Waals surface area contributed by atoms with Crippen LogP contribution in [0.2, 0.25) is 0 Å². The molecule has 2 N–H and O–H groups in total. The van der Waals surface area contributed by atoms with E-state index in [4.69, 9.17) is 9.73 Å². The van der Waals surface area contributed by atoms with Crippen molar-refractivity contribution in [1.29, 1.82) is 0 Å². The molecule has 1 aromatic rings. The van der Waals surface area contributed by atoms with Crippen LogP contribution in [-0.2, 0) is 19.1 Å². The molecular weight excluding hydrogens is 454 g/mol. The van der Waals surface area contributed by atoms with Gasteiger partial charge in [0.15, 0.2) is 5.17 Å². The van der Waals surface area contributed by atoms with E-state index in [1.54, 1.807) is 7.11 Å². The Hall–Kier alpha value is -2.72. The number of hydrogen-bond donors (Lipinski definition) is 2. The van der Waals surface area contributed by atoms with Gasteiger partial charge in [0, 0.05) is 31.7 Å². The average Bonchev–Trinajstić information content (AvgIpc) is 3.18. The van der Waals surface area contributed by atoms with Gasteiger partial charge in [0.25, 0.3) is 5.91 Å². The zero-order valence-corrected chi connectivity index (χ0v) is 20.2. The van der Waals surface area contributed by atoms with Crippen LogP contribution < -0.4 is 10.6 Å². The van der Waals surface area contributed by atoms with Crippen LogP contribution in [0.3, 0.4) is 0 Å². The molecule has 1 aromatic carbocycles. The quantitative estimate of drug-likeness (QED) is 0.522. The van der Waals surface area contributed by atoms with E-state index in [-0.39, 0.29) is 35.9 Å². The third kappa shape index (κ3) is 5.85. The van der Waals surface area contributed by atoms with E-state index in [1.807, 2.05) is 24.3 Å². The fraction of sp³-hybridized carbons (Fsp3) is 0.542. The lowest BCUT2D eigenvalue weighted by Gasteiger charge is -2.25. The number of carbonyl (C=O) groups excluding carboxylic acids is 3. The molecule has 1 saturated carbocycles. The summed E-state index contributed by atoms with van der Waals surface area (Å²) in [5, 5.41) is 6.30. The summed E-state index contributed by atoms with van der Waals surface area (Å²) in [5.74, 6) is 0.262. The first-order chi connectivity index (χ1) is 16.6. The summed E-state index contributed by atoms with van der Waals surface area (Å²) in [6.07, 6.45) is 6.18. The molecule has 1 fully saturated rings. The lowest BCUT2D eigenvalue weighted by Crippen LogP contribution is -2.42. The monoisotopic (exact) mass is 485 g/mol. The van der Waals surface area contributed by atoms with Crippen LogP contribution in [0.15, 0.2) is 34.3 Å². The number of nitrogens with one attached hydrogen (secondary N) is 2. The molecule has 0 spiro atoms. The number of rotatable bonds is 9. The van der Waals surface area contributed by atoms with Crippen molar-refractivity contribution >= 4 is 46.2 Å². The van der Waals surface area contributed by atoms with Gasteiger partial charge in [-0.1, -0.05) is 43.2 Å². The third-order valence-corrected chi connectivity index (χ3v) is 7.06. The van der Waals surface area contributed by atoms with Crippen LogP contribution in [0, 0.1) is 0 Å². The number of amidine groups is 2. The maximum absolute atomic E-state index is 13.3. The minimum absolute atomic E-state index is 0.0267. The van der Waals surface area contributed by atoms with Crippen molar-refractivity contribution in [2.24, 2.45) is 9.98 Å². The van der Waals surface area contributed by atoms with Gasteiger partial charge in [0.1, 0.15) is 11.9 Å². The van der Waals surface area contributed by atoms with Gasteiger partial charge in [-0.25, -0.2) is 9.89 Å². The third-order valence-electron chi connectivity index (χ3n) is 6.12. The number of thioether (sulfide) groups is 1. The number of ether oxygens (including phenoxy) is 1. The van der Waals surface area contributed by atoms with Crippen LogP contribution in [0.5, 0.6) is 0 Å². The molecule has 0 unspecified atom stereocenters. The normalized spacial score (nSPS) is 19.7. The second kappa shape index (κ2) is 11.6. The van der Waals surface area contributed by atoms with Crippen LogP contribution in [0.25, 0.3) is 0 Å². The van der Waals surface area contributed by atoms with Crippen molar-refractivity contribution in [3.05, 3.63) is 29.8 Å². The highest BCUT2D eigenvalue weighted by molar-refractivity contribution is 8.14. The maximum Gasteiger partial charge on any atom is 0.259 e. The Morgan fingerprint density at radius 1 is 1.18 bits per heavy atom. The van der Waals surface area contributed by atoms with Crippen molar-refractivity contribution < 1.29 is 19.1 Å². The van der Waals surface area contributed by atoms with Gasteiger partial charge in [-0.15, -0.1) is 0 Å². The second-order valence-corrected chi connectivity index (χ2v) is 9.57. The highest BCUT2D eigenvalue weighted by Gasteiger charge is 2.41. The van der Waals surface area contributed by atoms with Crippen molar-refractivity contribution in [1.82, 2.24) is 15.5 Å². The van der Waals surface area contributed by atoms with E-state index in [2.05, 4.69) is 15.6 Å². The summed E-state index contributed by atoms with van der Waals surface area (Å²) in [6.45, 7) is 0.855. The molecule has 1 atom stereocenters. The van der Waals surface area contributed by atoms with E-state index in [9.17, 15) is 14.4 Å². The molecule has 4 rings (SSSR count). The minimum Gasteiger partial charge on any atom is -0.383 e. The zero-order valence-electron chi connectivity index (χ0n) is 19.4. The van der Waals surface area contributed by atoms with Crippen molar-refractivity contribution in [2.45, 2.75) is 57.0 Å². The fourth-order valence-corrected chi connectivity index (χ4v) is 5.21. The van der Waals surface area contributed by atoms with Crippen LogP contribution >= 0.6 is 11.8 Å². The molecule has 9 nitrogen and oxygen atoms in total. The first-order valence-electron chi connectivity index (χ1n) is 11.8. The van der Waals surface area contributed by atoms with Gasteiger partial charge in [-0.05, 0) is 31.4 Å². The predicted octanol–water partition coefficient (Wildman–Crippen LogP) is 2.37. The molecule has 3 aliphatic rings. The molecule has 0 radical (unpaired) electrons. The van der Waals surface area contributed by atoms with E-state index in [0.29, 0.717) is 36.3 Å². The minimum atomic E-state index is -0.639. The Morgan fingerprint density at radius 2 is 1.97 bits per heavy atom. The molecule has 1 aliphatic carbocycles. The summed E-state index contributed by atoms with van der Waals surface area (Å²) in [5.41, 5.74) is 1.49. The summed E-state index contributed by atoms with van der Waals surface area (Å²) < 4.78 is 4.95. The standard InChI is InChI=1S/C24H31N5O4S/c1-33-14-13-25-21(31)15-34-24-28-18-10-6-5-9-17(18)22-27-19(23(32)29(22)24)11-12-20(30)26-16-7-3-2-4-8-16/h5-6,9-10,16,19H,2-4,7-8,11-15H2,1H3,(H,25,31)(H,26,30)/t19-/m0/s1. The maximum atomic E-state index is 13.3. The number of carbonyl (C=O) groups is 3. The van der Waals surface area contributed by atoms with Crippen molar-refractivity contribution in [2.75, 3.05) is 26.0 Å². The highest BCUT2D eigenvalue weighted by atomic mass is 32.2. The average molecular weight is 486 g/mol. The number of aliphatic imine (C=N–C) groups is 2. The zero-order chi connectivity index (χ0) is 23.9. The van der Waals surface area contributed by atoms with Gasteiger partial charge in [0.05, 0.1) is 18.0 Å². The van der Waals surface area contributed by atoms with E-state index >= 15 is 0 Å². The molecule has 34 heavy (non-hydrogen) atoms. The smallest absolute Gasteiger partial charge is 0.259 e. The molecule has 0 saturated heterocycles. The van der Waals surface area contributed by atoms with E-state index in [0.717, 1.165) is 31.2 Å². The number of hydrogen-bond acceptors (Lipinski definition) is 7. The van der Waals surface area contributed by atoms with Gasteiger partial charge >= 0.3 is 0 Å². The highest BCUT2D eigenvalue weighted by Crippen LogP contribution is 2.34.